The number of carboxylic acids is 1. The zero-order valence-electron chi connectivity index (χ0n) is 12.0. The summed E-state index contributed by atoms with van der Waals surface area (Å²) in [5, 5.41) is 8.68. The van der Waals surface area contributed by atoms with Crippen molar-refractivity contribution in [2.24, 2.45) is 0 Å². The molecule has 0 heterocycles. The summed E-state index contributed by atoms with van der Waals surface area (Å²) < 4.78 is 27.1. The minimum Gasteiger partial charge on any atom is -0.481 e. The summed E-state index contributed by atoms with van der Waals surface area (Å²) in [5.74, 6) is -0.942. The minimum absolute atomic E-state index is 0.116. The smallest absolute Gasteiger partial charge is 0.307 e. The van der Waals surface area contributed by atoms with Crippen LogP contribution >= 0.6 is 0 Å². The SMILES string of the molecule is CCCC(C)(C)NS(=O)(=O)c1ccc(CC(=O)O)cc1. The lowest BCUT2D eigenvalue weighted by molar-refractivity contribution is -0.136. The molecule has 112 valence electrons. The molecule has 2 N–H and O–H groups in total. The number of nitrogens with one attached hydrogen (secondary N) is 1. The third kappa shape index (κ3) is 4.94. The topological polar surface area (TPSA) is 83.5 Å². The molecule has 0 aromatic heterocycles. The van der Waals surface area contributed by atoms with Crippen molar-refractivity contribution in [3.8, 4) is 0 Å². The molecular weight excluding hydrogens is 278 g/mol. The van der Waals surface area contributed by atoms with E-state index in [1.54, 1.807) is 0 Å². The molecule has 0 atom stereocenters. The van der Waals surface area contributed by atoms with Crippen LogP contribution in [0.4, 0.5) is 0 Å². The third-order valence-corrected chi connectivity index (χ3v) is 4.59. The molecule has 1 aromatic carbocycles. The van der Waals surface area contributed by atoms with Gasteiger partial charge in [0.05, 0.1) is 11.3 Å². The number of benzene rings is 1. The van der Waals surface area contributed by atoms with Crippen LogP contribution in [0.5, 0.6) is 0 Å². The average molecular weight is 299 g/mol. The van der Waals surface area contributed by atoms with Crippen LogP contribution in [0.15, 0.2) is 29.2 Å². The Morgan fingerprint density at radius 2 is 1.80 bits per heavy atom. The quantitative estimate of drug-likeness (QED) is 0.808. The van der Waals surface area contributed by atoms with Crippen molar-refractivity contribution in [2.45, 2.75) is 50.5 Å². The highest BCUT2D eigenvalue weighted by atomic mass is 32.2. The van der Waals surface area contributed by atoms with Crippen molar-refractivity contribution < 1.29 is 18.3 Å². The number of rotatable bonds is 7. The monoisotopic (exact) mass is 299 g/mol. The molecule has 1 aromatic rings. The summed E-state index contributed by atoms with van der Waals surface area (Å²) in [6.45, 7) is 5.68. The molecule has 1 rings (SSSR count). The van der Waals surface area contributed by atoms with Gasteiger partial charge in [-0.2, -0.15) is 0 Å². The molecule has 0 aliphatic rings. The van der Waals surface area contributed by atoms with Crippen molar-refractivity contribution in [3.63, 3.8) is 0 Å². The van der Waals surface area contributed by atoms with Crippen LogP contribution in [-0.4, -0.2) is 25.0 Å². The van der Waals surface area contributed by atoms with Crippen LogP contribution in [0.1, 0.15) is 39.2 Å². The van der Waals surface area contributed by atoms with Crippen molar-refractivity contribution in [2.75, 3.05) is 0 Å². The van der Waals surface area contributed by atoms with Gasteiger partial charge in [-0.1, -0.05) is 25.5 Å². The molecule has 20 heavy (non-hydrogen) atoms. The highest BCUT2D eigenvalue weighted by Gasteiger charge is 2.25. The number of carboxylic acid groups (broad SMARTS) is 1. The first-order valence-corrected chi connectivity index (χ1v) is 7.99. The first-order valence-electron chi connectivity index (χ1n) is 6.51. The van der Waals surface area contributed by atoms with Crippen molar-refractivity contribution in [1.29, 1.82) is 0 Å². The Bertz CT molecular complexity index is 561. The average Bonchev–Trinajstić information content (AvgIpc) is 2.27. The lowest BCUT2D eigenvalue weighted by atomic mass is 10.0. The van der Waals surface area contributed by atoms with E-state index in [2.05, 4.69) is 4.72 Å². The van der Waals surface area contributed by atoms with E-state index in [1.807, 2.05) is 20.8 Å². The van der Waals surface area contributed by atoms with Crippen molar-refractivity contribution in [1.82, 2.24) is 4.72 Å². The Morgan fingerprint density at radius 3 is 2.25 bits per heavy atom. The van der Waals surface area contributed by atoms with E-state index in [0.29, 0.717) is 5.56 Å². The van der Waals surface area contributed by atoms with E-state index in [9.17, 15) is 13.2 Å². The summed E-state index contributed by atoms with van der Waals surface area (Å²) in [6, 6.07) is 5.91. The zero-order chi connectivity index (χ0) is 15.4. The van der Waals surface area contributed by atoms with Crippen LogP contribution < -0.4 is 4.72 Å². The van der Waals surface area contributed by atoms with E-state index in [0.717, 1.165) is 12.8 Å². The second-order valence-corrected chi connectivity index (χ2v) is 7.14. The Kier molecular flexibility index (Phi) is 5.30. The summed E-state index contributed by atoms with van der Waals surface area (Å²) in [4.78, 5) is 10.7. The molecule has 0 saturated heterocycles. The van der Waals surface area contributed by atoms with Gasteiger partial charge in [-0.05, 0) is 38.0 Å². The van der Waals surface area contributed by atoms with Gasteiger partial charge >= 0.3 is 5.97 Å². The molecule has 0 spiro atoms. The van der Waals surface area contributed by atoms with Crippen LogP contribution in [0.25, 0.3) is 0 Å². The number of sulfonamides is 1. The number of aliphatic carboxylic acids is 1. The Labute approximate surface area is 120 Å². The Hall–Kier alpha value is -1.40. The maximum Gasteiger partial charge on any atom is 0.307 e. The molecule has 0 unspecified atom stereocenters. The molecular formula is C14H21NO4S. The summed E-state index contributed by atoms with van der Waals surface area (Å²) >= 11 is 0. The highest BCUT2D eigenvalue weighted by Crippen LogP contribution is 2.17. The number of carbonyl (C=O) groups is 1. The van der Waals surface area contributed by atoms with E-state index < -0.39 is 21.5 Å². The standard InChI is InChI=1S/C14H21NO4S/c1-4-9-14(2,3)15-20(18,19)12-7-5-11(6-8-12)10-13(16)17/h5-8,15H,4,9-10H2,1-3H3,(H,16,17). The molecule has 0 bridgehead atoms. The maximum atomic E-state index is 12.2. The van der Waals surface area contributed by atoms with Crippen LogP contribution in [0.3, 0.4) is 0 Å². The predicted octanol–water partition coefficient (Wildman–Crippen LogP) is 2.17. The minimum atomic E-state index is -3.58. The van der Waals surface area contributed by atoms with Gasteiger partial charge < -0.3 is 5.11 Å². The van der Waals surface area contributed by atoms with Gasteiger partial charge in [-0.3, -0.25) is 4.79 Å². The van der Waals surface area contributed by atoms with Crippen LogP contribution in [0, 0.1) is 0 Å². The van der Waals surface area contributed by atoms with Gasteiger partial charge in [0, 0.05) is 5.54 Å². The lowest BCUT2D eigenvalue weighted by Crippen LogP contribution is -2.43. The largest absolute Gasteiger partial charge is 0.481 e. The lowest BCUT2D eigenvalue weighted by Gasteiger charge is -2.25. The van der Waals surface area contributed by atoms with Crippen LogP contribution in [-0.2, 0) is 21.2 Å². The molecule has 0 amide bonds. The number of hydrogen-bond donors (Lipinski definition) is 2. The first kappa shape index (κ1) is 16.7. The van der Waals surface area contributed by atoms with Crippen LogP contribution in [0.2, 0.25) is 0 Å². The van der Waals surface area contributed by atoms with Gasteiger partial charge in [-0.15, -0.1) is 0 Å². The summed E-state index contributed by atoms with van der Waals surface area (Å²) in [6.07, 6.45) is 1.51. The summed E-state index contributed by atoms with van der Waals surface area (Å²) in [5.41, 5.74) is 0.0668. The fourth-order valence-corrected chi connectivity index (χ4v) is 3.50. The van der Waals surface area contributed by atoms with Gasteiger partial charge in [-0.25, -0.2) is 13.1 Å². The van der Waals surface area contributed by atoms with E-state index in [1.165, 1.54) is 24.3 Å². The summed E-state index contributed by atoms with van der Waals surface area (Å²) in [7, 11) is -3.58. The van der Waals surface area contributed by atoms with E-state index in [4.69, 9.17) is 5.11 Å². The second-order valence-electron chi connectivity index (χ2n) is 5.45. The van der Waals surface area contributed by atoms with E-state index in [-0.39, 0.29) is 11.3 Å². The molecule has 0 fully saturated rings. The number of hydrogen-bond acceptors (Lipinski definition) is 3. The molecule has 0 aliphatic carbocycles. The predicted molar refractivity (Wildman–Crippen MR) is 77.1 cm³/mol. The highest BCUT2D eigenvalue weighted by molar-refractivity contribution is 7.89. The van der Waals surface area contributed by atoms with E-state index >= 15 is 0 Å². The molecule has 0 aliphatic heterocycles. The van der Waals surface area contributed by atoms with Gasteiger partial charge in [0.2, 0.25) is 10.0 Å². The van der Waals surface area contributed by atoms with Gasteiger partial charge in [0.25, 0.3) is 0 Å². The maximum absolute atomic E-state index is 12.2. The van der Waals surface area contributed by atoms with Gasteiger partial charge in [0.1, 0.15) is 0 Å². The van der Waals surface area contributed by atoms with Crippen molar-refractivity contribution >= 4 is 16.0 Å². The Morgan fingerprint density at radius 1 is 1.25 bits per heavy atom. The molecule has 6 heteroatoms. The molecule has 5 nitrogen and oxygen atoms in total. The van der Waals surface area contributed by atoms with Crippen molar-refractivity contribution in [3.05, 3.63) is 29.8 Å². The molecule has 0 radical (unpaired) electrons. The third-order valence-electron chi connectivity index (χ3n) is 2.87. The van der Waals surface area contributed by atoms with Gasteiger partial charge in [0.15, 0.2) is 0 Å². The normalized spacial score (nSPS) is 12.3. The first-order chi connectivity index (χ1) is 9.16. The second kappa shape index (κ2) is 6.37. The fourth-order valence-electron chi connectivity index (χ4n) is 2.06. The molecule has 0 saturated carbocycles. The zero-order valence-corrected chi connectivity index (χ0v) is 12.8. The Balaban J connectivity index is 2.90. The fraction of sp³-hybridized carbons (Fsp3) is 0.500.